The average Bonchev–Trinajstić information content (AvgIpc) is 2.60. The summed E-state index contributed by atoms with van der Waals surface area (Å²) < 4.78 is 0. The lowest BCUT2D eigenvalue weighted by Gasteiger charge is -2.32. The van der Waals surface area contributed by atoms with Crippen molar-refractivity contribution in [2.24, 2.45) is 11.8 Å². The molecule has 2 fully saturated rings. The molecule has 4 heteroatoms. The Morgan fingerprint density at radius 1 is 1.12 bits per heavy atom. The number of piperidine rings is 2. The lowest BCUT2D eigenvalue weighted by atomic mass is 9.97. The summed E-state index contributed by atoms with van der Waals surface area (Å²) in [6.07, 6.45) is 4.77. The molecule has 2 aliphatic heterocycles. The summed E-state index contributed by atoms with van der Waals surface area (Å²) in [5.41, 5.74) is 2.49. The first kappa shape index (κ1) is 17.3. The van der Waals surface area contributed by atoms with E-state index in [0.29, 0.717) is 6.54 Å². The third-order valence-corrected chi connectivity index (χ3v) is 5.42. The quantitative estimate of drug-likeness (QED) is 0.922. The van der Waals surface area contributed by atoms with Crippen LogP contribution in [0.1, 0.15) is 38.2 Å². The summed E-state index contributed by atoms with van der Waals surface area (Å²) in [4.78, 5) is 17.1. The number of amides is 1. The van der Waals surface area contributed by atoms with Crippen molar-refractivity contribution in [2.75, 3.05) is 38.1 Å². The van der Waals surface area contributed by atoms with Crippen molar-refractivity contribution in [3.05, 3.63) is 29.8 Å². The maximum Gasteiger partial charge on any atom is 0.224 e. The van der Waals surface area contributed by atoms with Crippen LogP contribution in [0.3, 0.4) is 0 Å². The molecule has 2 aliphatic rings. The number of benzene rings is 1. The Balaban J connectivity index is 1.50. The number of carbonyl (C=O) groups excluding carboxylic acids is 1. The zero-order chi connectivity index (χ0) is 16.9. The van der Waals surface area contributed by atoms with E-state index in [1.54, 1.807) is 0 Å². The molecule has 24 heavy (non-hydrogen) atoms. The van der Waals surface area contributed by atoms with Gasteiger partial charge in [0.1, 0.15) is 0 Å². The van der Waals surface area contributed by atoms with Crippen LogP contribution in [0.2, 0.25) is 0 Å². The van der Waals surface area contributed by atoms with E-state index in [4.69, 9.17) is 0 Å². The van der Waals surface area contributed by atoms with E-state index in [1.165, 1.54) is 24.1 Å². The van der Waals surface area contributed by atoms with Crippen molar-refractivity contribution < 1.29 is 4.79 Å². The number of rotatable bonds is 4. The molecular formula is C20H31N3O. The summed E-state index contributed by atoms with van der Waals surface area (Å²) in [6.45, 7) is 7.29. The van der Waals surface area contributed by atoms with Crippen LogP contribution in [0.5, 0.6) is 0 Å². The van der Waals surface area contributed by atoms with Gasteiger partial charge >= 0.3 is 0 Å². The van der Waals surface area contributed by atoms with Crippen molar-refractivity contribution in [1.29, 1.82) is 0 Å². The number of nitrogens with zero attached hydrogens (tertiary/aromatic N) is 2. The van der Waals surface area contributed by atoms with Crippen molar-refractivity contribution >= 4 is 11.6 Å². The minimum absolute atomic E-state index is 0.151. The summed E-state index contributed by atoms with van der Waals surface area (Å²) in [5.74, 6) is 1.14. The molecule has 2 saturated heterocycles. The van der Waals surface area contributed by atoms with Crippen LogP contribution in [-0.4, -0.2) is 44.0 Å². The molecule has 1 amide bonds. The standard InChI is InChI=1S/C20H31N3O/c1-16-5-3-12-23(14-16)19-9-7-17(8-10-19)13-21-20(24)18-6-4-11-22(2)15-18/h7-10,16,18H,3-6,11-15H2,1-2H3,(H,21,24). The first-order chi connectivity index (χ1) is 11.6. The van der Waals surface area contributed by atoms with Crippen molar-refractivity contribution in [3.63, 3.8) is 0 Å². The summed E-state index contributed by atoms with van der Waals surface area (Å²) in [5, 5.41) is 3.12. The highest BCUT2D eigenvalue weighted by Gasteiger charge is 2.23. The van der Waals surface area contributed by atoms with Crippen molar-refractivity contribution in [1.82, 2.24) is 10.2 Å². The van der Waals surface area contributed by atoms with Gasteiger partial charge in [0.05, 0.1) is 5.92 Å². The van der Waals surface area contributed by atoms with E-state index in [2.05, 4.69) is 53.4 Å². The van der Waals surface area contributed by atoms with Crippen LogP contribution in [0.15, 0.2) is 24.3 Å². The van der Waals surface area contributed by atoms with Gasteiger partial charge in [-0.25, -0.2) is 0 Å². The Labute approximate surface area is 146 Å². The van der Waals surface area contributed by atoms with Gasteiger partial charge < -0.3 is 15.1 Å². The van der Waals surface area contributed by atoms with Crippen LogP contribution in [-0.2, 0) is 11.3 Å². The summed E-state index contributed by atoms with van der Waals surface area (Å²) >= 11 is 0. The van der Waals surface area contributed by atoms with E-state index >= 15 is 0 Å². The molecule has 2 unspecified atom stereocenters. The maximum absolute atomic E-state index is 12.3. The molecule has 0 saturated carbocycles. The largest absolute Gasteiger partial charge is 0.371 e. The molecule has 2 atom stereocenters. The molecule has 0 aromatic heterocycles. The predicted molar refractivity (Wildman–Crippen MR) is 99.1 cm³/mol. The smallest absolute Gasteiger partial charge is 0.224 e. The molecule has 0 radical (unpaired) electrons. The van der Waals surface area contributed by atoms with Crippen molar-refractivity contribution in [3.8, 4) is 0 Å². The molecule has 1 aromatic rings. The zero-order valence-corrected chi connectivity index (χ0v) is 15.1. The fourth-order valence-electron chi connectivity index (χ4n) is 3.96. The highest BCUT2D eigenvalue weighted by Crippen LogP contribution is 2.23. The molecular weight excluding hydrogens is 298 g/mol. The third kappa shape index (κ3) is 4.50. The zero-order valence-electron chi connectivity index (χ0n) is 15.1. The van der Waals surface area contributed by atoms with Crippen LogP contribution in [0.4, 0.5) is 5.69 Å². The Kier molecular flexibility index (Phi) is 5.77. The number of anilines is 1. The van der Waals surface area contributed by atoms with Gasteiger partial charge in [0.25, 0.3) is 0 Å². The first-order valence-electron chi connectivity index (χ1n) is 9.42. The fourth-order valence-corrected chi connectivity index (χ4v) is 3.96. The maximum atomic E-state index is 12.3. The lowest BCUT2D eigenvalue weighted by molar-refractivity contribution is -0.126. The van der Waals surface area contributed by atoms with Gasteiger partial charge in [0.2, 0.25) is 5.91 Å². The highest BCUT2D eigenvalue weighted by atomic mass is 16.1. The van der Waals surface area contributed by atoms with Gasteiger partial charge in [0.15, 0.2) is 0 Å². The van der Waals surface area contributed by atoms with Gasteiger partial charge in [-0.05, 0) is 62.9 Å². The van der Waals surface area contributed by atoms with E-state index in [-0.39, 0.29) is 11.8 Å². The van der Waals surface area contributed by atoms with E-state index in [1.807, 2.05) is 0 Å². The third-order valence-electron chi connectivity index (χ3n) is 5.42. The van der Waals surface area contributed by atoms with Gasteiger partial charge in [-0.15, -0.1) is 0 Å². The van der Waals surface area contributed by atoms with Crippen LogP contribution >= 0.6 is 0 Å². The van der Waals surface area contributed by atoms with E-state index in [9.17, 15) is 4.79 Å². The van der Waals surface area contributed by atoms with E-state index in [0.717, 1.165) is 44.9 Å². The molecule has 0 aliphatic carbocycles. The Bertz CT molecular complexity index is 542. The SMILES string of the molecule is CC1CCCN(c2ccc(CNC(=O)C3CCCN(C)C3)cc2)C1. The molecule has 132 valence electrons. The minimum atomic E-state index is 0.151. The monoisotopic (exact) mass is 329 g/mol. The Hall–Kier alpha value is -1.55. The highest BCUT2D eigenvalue weighted by molar-refractivity contribution is 5.79. The first-order valence-corrected chi connectivity index (χ1v) is 9.42. The van der Waals surface area contributed by atoms with Crippen LogP contribution in [0.25, 0.3) is 0 Å². The predicted octanol–water partition coefficient (Wildman–Crippen LogP) is 2.88. The van der Waals surface area contributed by atoms with Crippen LogP contribution in [0, 0.1) is 11.8 Å². The van der Waals surface area contributed by atoms with Crippen molar-refractivity contribution in [2.45, 2.75) is 39.2 Å². The fraction of sp³-hybridized carbons (Fsp3) is 0.650. The number of nitrogens with one attached hydrogen (secondary N) is 1. The van der Waals surface area contributed by atoms with Crippen LogP contribution < -0.4 is 10.2 Å². The number of carbonyl (C=O) groups is 1. The second-order valence-electron chi connectivity index (χ2n) is 7.68. The molecule has 4 nitrogen and oxygen atoms in total. The van der Waals surface area contributed by atoms with Gasteiger partial charge in [-0.2, -0.15) is 0 Å². The second kappa shape index (κ2) is 8.02. The minimum Gasteiger partial charge on any atom is -0.371 e. The Morgan fingerprint density at radius 2 is 1.88 bits per heavy atom. The van der Waals surface area contributed by atoms with E-state index < -0.39 is 0 Å². The molecule has 0 spiro atoms. The van der Waals surface area contributed by atoms with Gasteiger partial charge in [0, 0.05) is 31.9 Å². The molecule has 0 bridgehead atoms. The van der Waals surface area contributed by atoms with Gasteiger partial charge in [-0.3, -0.25) is 4.79 Å². The Morgan fingerprint density at radius 3 is 2.58 bits per heavy atom. The molecule has 1 N–H and O–H groups in total. The summed E-state index contributed by atoms with van der Waals surface area (Å²) in [7, 11) is 2.10. The lowest BCUT2D eigenvalue weighted by Crippen LogP contribution is -2.41. The second-order valence-corrected chi connectivity index (χ2v) is 7.68. The summed E-state index contributed by atoms with van der Waals surface area (Å²) in [6, 6.07) is 8.71. The number of hydrogen-bond acceptors (Lipinski definition) is 3. The normalized spacial score (nSPS) is 25.5. The molecule has 3 rings (SSSR count). The number of hydrogen-bond donors (Lipinski definition) is 1. The molecule has 1 aromatic carbocycles. The topological polar surface area (TPSA) is 35.6 Å². The average molecular weight is 329 g/mol. The molecule has 2 heterocycles. The number of likely N-dealkylation sites (tertiary alicyclic amines) is 1. The van der Waals surface area contributed by atoms with Gasteiger partial charge in [-0.1, -0.05) is 19.1 Å².